The minimum Gasteiger partial charge on any atom is -0.451 e. The number of hydrogen-bond acceptors (Lipinski definition) is 9. The van der Waals surface area contributed by atoms with E-state index in [4.69, 9.17) is 19.3 Å². The molecule has 0 aliphatic carbocycles. The molecule has 1 saturated heterocycles. The number of nitrogens with zero attached hydrogens (tertiary/aromatic N) is 1. The highest BCUT2D eigenvalue weighted by molar-refractivity contribution is 6.05. The molecule has 0 radical (unpaired) electrons. The molecule has 1 fully saturated rings. The fraction of sp³-hybridized carbons (Fsp3) is 0.708. The summed E-state index contributed by atoms with van der Waals surface area (Å²) >= 11 is 0. The van der Waals surface area contributed by atoms with Crippen LogP contribution >= 0.6 is 0 Å². The zero-order valence-corrected chi connectivity index (χ0v) is 20.9. The number of aliphatic hydroxyl groups is 1. The van der Waals surface area contributed by atoms with Gasteiger partial charge in [-0.05, 0) is 44.8 Å². The number of hydrogen-bond donors (Lipinski definition) is 1. The summed E-state index contributed by atoms with van der Waals surface area (Å²) in [6.45, 7) is 8.18. The van der Waals surface area contributed by atoms with Crippen molar-refractivity contribution in [1.82, 2.24) is 4.90 Å². The Balaban J connectivity index is 3.04. The number of methoxy groups -OCH3 is 1. The number of ether oxygens (including phenoxy) is 3. The molecule has 192 valence electrons. The molecule has 3 atom stereocenters. The molecule has 1 aliphatic rings. The summed E-state index contributed by atoms with van der Waals surface area (Å²) in [7, 11) is 1.16. The van der Waals surface area contributed by atoms with Crippen LogP contribution in [-0.2, 0) is 33.4 Å². The Morgan fingerprint density at radius 3 is 2.24 bits per heavy atom. The van der Waals surface area contributed by atoms with E-state index >= 15 is 0 Å². The molecular weight excluding hydrogens is 446 g/mol. The summed E-state index contributed by atoms with van der Waals surface area (Å²) < 4.78 is 15.7. The summed E-state index contributed by atoms with van der Waals surface area (Å²) in [5, 5.41) is 8.78. The Bertz CT molecular complexity index is 787. The molecule has 3 unspecified atom stereocenters. The Morgan fingerprint density at radius 2 is 1.71 bits per heavy atom. The molecule has 0 bridgehead atoms. The molecule has 2 amide bonds. The Morgan fingerprint density at radius 1 is 1.09 bits per heavy atom. The number of amides is 2. The predicted molar refractivity (Wildman–Crippen MR) is 122 cm³/mol. The lowest BCUT2D eigenvalue weighted by Crippen LogP contribution is -2.55. The molecule has 34 heavy (non-hydrogen) atoms. The van der Waals surface area contributed by atoms with Gasteiger partial charge >= 0.3 is 12.1 Å². The van der Waals surface area contributed by atoms with E-state index in [1.807, 2.05) is 13.8 Å². The average molecular weight is 484 g/mol. The van der Waals surface area contributed by atoms with Crippen LogP contribution in [0.2, 0.25) is 0 Å². The number of aliphatic hydroxyl groups excluding tert-OH is 1. The molecule has 1 rings (SSSR count). The van der Waals surface area contributed by atoms with E-state index < -0.39 is 47.6 Å². The molecule has 0 aromatic heterocycles. The Kier molecular flexibility index (Phi) is 11.5. The second-order valence-corrected chi connectivity index (χ2v) is 9.14. The molecule has 10 nitrogen and oxygen atoms in total. The number of unbranched alkanes of at least 4 members (excludes halogenated alkanes) is 3. The monoisotopic (exact) mass is 483 g/mol. The number of imide groups is 1. The molecule has 0 spiro atoms. The highest BCUT2D eigenvalue weighted by atomic mass is 16.6. The summed E-state index contributed by atoms with van der Waals surface area (Å²) in [6.07, 6.45) is 0.898. The third-order valence-corrected chi connectivity index (χ3v) is 5.52. The van der Waals surface area contributed by atoms with Crippen LogP contribution in [0.1, 0.15) is 66.7 Å². The zero-order valence-electron chi connectivity index (χ0n) is 20.9. The van der Waals surface area contributed by atoms with E-state index in [0.29, 0.717) is 12.8 Å². The first-order valence-electron chi connectivity index (χ1n) is 11.5. The number of cyclic esters (lactones) is 1. The molecular formula is C24H37NO9. The number of allylic oxidation sites excluding steroid dienone is 1. The van der Waals surface area contributed by atoms with Gasteiger partial charge in [0.15, 0.2) is 23.8 Å². The molecule has 1 heterocycles. The highest BCUT2D eigenvalue weighted by Crippen LogP contribution is 2.35. The van der Waals surface area contributed by atoms with Crippen molar-refractivity contribution in [2.75, 3.05) is 13.7 Å². The van der Waals surface area contributed by atoms with E-state index in [2.05, 4.69) is 0 Å². The molecule has 1 N–H and O–H groups in total. The minimum absolute atomic E-state index is 0.101. The zero-order chi connectivity index (χ0) is 26.1. The lowest BCUT2D eigenvalue weighted by atomic mass is 9.88. The van der Waals surface area contributed by atoms with E-state index in [0.717, 1.165) is 43.9 Å². The predicted octanol–water partition coefficient (Wildman–Crippen LogP) is 2.35. The summed E-state index contributed by atoms with van der Waals surface area (Å²) in [4.78, 5) is 63.3. The maximum absolute atomic E-state index is 13.3. The maximum atomic E-state index is 13.3. The van der Waals surface area contributed by atoms with Gasteiger partial charge in [0.1, 0.15) is 5.60 Å². The van der Waals surface area contributed by atoms with Crippen molar-refractivity contribution < 1.29 is 43.3 Å². The minimum atomic E-state index is -1.69. The number of rotatable bonds is 14. The van der Waals surface area contributed by atoms with Gasteiger partial charge in [0, 0.05) is 27.1 Å². The van der Waals surface area contributed by atoms with Crippen molar-refractivity contribution in [3.05, 3.63) is 12.2 Å². The standard InChI is InChI=1S/C24H37NO9/c1-15(2)21-24(4,5)34-23(31)25(21)22(30)20(32-6)19(33-16(3)27)18(29)13-12-17(28)11-9-7-8-10-14-26/h12-13,15,19-21,26H,7-11,14H2,1-6H3. The molecule has 10 heteroatoms. The fourth-order valence-corrected chi connectivity index (χ4v) is 4.14. The molecule has 0 aromatic carbocycles. The third-order valence-electron chi connectivity index (χ3n) is 5.52. The second kappa shape index (κ2) is 13.3. The van der Waals surface area contributed by atoms with Gasteiger partial charge in [0.2, 0.25) is 0 Å². The van der Waals surface area contributed by atoms with Gasteiger partial charge < -0.3 is 19.3 Å². The normalized spacial score (nSPS) is 19.2. The fourth-order valence-electron chi connectivity index (χ4n) is 4.14. The largest absolute Gasteiger partial charge is 0.451 e. The van der Waals surface area contributed by atoms with Crippen LogP contribution in [0.3, 0.4) is 0 Å². The van der Waals surface area contributed by atoms with E-state index in [-0.39, 0.29) is 24.7 Å². The van der Waals surface area contributed by atoms with Crippen molar-refractivity contribution in [2.45, 2.75) is 90.6 Å². The smallest absolute Gasteiger partial charge is 0.417 e. The van der Waals surface area contributed by atoms with Gasteiger partial charge in [-0.25, -0.2) is 9.69 Å². The topological polar surface area (TPSA) is 137 Å². The summed E-state index contributed by atoms with van der Waals surface area (Å²) in [6, 6.07) is -0.638. The SMILES string of the molecule is COC(C(=O)N1C(=O)OC(C)(C)C1C(C)C)C(OC(C)=O)C(=O)C=CC(=O)CCCCCCO. The first kappa shape index (κ1) is 29.4. The lowest BCUT2D eigenvalue weighted by molar-refractivity contribution is -0.166. The Labute approximate surface area is 200 Å². The molecule has 0 aromatic rings. The molecule has 0 saturated carbocycles. The van der Waals surface area contributed by atoms with Gasteiger partial charge in [-0.1, -0.05) is 26.7 Å². The van der Waals surface area contributed by atoms with Crippen LogP contribution in [-0.4, -0.2) is 77.1 Å². The van der Waals surface area contributed by atoms with Crippen molar-refractivity contribution >= 4 is 29.5 Å². The molecule has 1 aliphatic heterocycles. The summed E-state index contributed by atoms with van der Waals surface area (Å²) in [5.74, 6) is -3.00. The van der Waals surface area contributed by atoms with Gasteiger partial charge in [-0.3, -0.25) is 19.2 Å². The third kappa shape index (κ3) is 8.02. The van der Waals surface area contributed by atoms with Crippen molar-refractivity contribution in [1.29, 1.82) is 0 Å². The van der Waals surface area contributed by atoms with Gasteiger partial charge in [0.05, 0.1) is 6.04 Å². The van der Waals surface area contributed by atoms with Crippen LogP contribution < -0.4 is 0 Å². The number of esters is 1. The van der Waals surface area contributed by atoms with Crippen LogP contribution in [0.15, 0.2) is 12.2 Å². The maximum Gasteiger partial charge on any atom is 0.417 e. The van der Waals surface area contributed by atoms with E-state index in [9.17, 15) is 24.0 Å². The van der Waals surface area contributed by atoms with Gasteiger partial charge in [-0.15, -0.1) is 0 Å². The van der Waals surface area contributed by atoms with Crippen molar-refractivity contribution in [2.24, 2.45) is 5.92 Å². The average Bonchev–Trinajstić information content (AvgIpc) is 2.99. The van der Waals surface area contributed by atoms with Gasteiger partial charge in [0.25, 0.3) is 5.91 Å². The van der Waals surface area contributed by atoms with Crippen molar-refractivity contribution in [3.63, 3.8) is 0 Å². The van der Waals surface area contributed by atoms with Crippen LogP contribution in [0.25, 0.3) is 0 Å². The lowest BCUT2D eigenvalue weighted by Gasteiger charge is -2.33. The first-order valence-corrected chi connectivity index (χ1v) is 11.5. The van der Waals surface area contributed by atoms with E-state index in [1.54, 1.807) is 13.8 Å². The van der Waals surface area contributed by atoms with Crippen molar-refractivity contribution in [3.8, 4) is 0 Å². The number of carbonyl (C=O) groups excluding carboxylic acids is 5. The quantitative estimate of drug-likeness (QED) is 0.224. The highest BCUT2D eigenvalue weighted by Gasteiger charge is 2.54. The number of carbonyl (C=O) groups is 5. The second-order valence-electron chi connectivity index (χ2n) is 9.14. The first-order chi connectivity index (χ1) is 15.9. The van der Waals surface area contributed by atoms with Gasteiger partial charge in [-0.2, -0.15) is 0 Å². The van der Waals surface area contributed by atoms with E-state index in [1.165, 1.54) is 0 Å². The Hall–Kier alpha value is -2.59. The number of ketones is 2. The van der Waals surface area contributed by atoms with Crippen LogP contribution in [0.5, 0.6) is 0 Å². The van der Waals surface area contributed by atoms with Crippen LogP contribution in [0.4, 0.5) is 4.79 Å². The van der Waals surface area contributed by atoms with Crippen LogP contribution in [0, 0.1) is 5.92 Å². The summed E-state index contributed by atoms with van der Waals surface area (Å²) in [5.41, 5.74) is -0.969.